The van der Waals surface area contributed by atoms with E-state index in [9.17, 15) is 9.59 Å². The zero-order valence-corrected chi connectivity index (χ0v) is 18.5. The summed E-state index contributed by atoms with van der Waals surface area (Å²) in [6.45, 7) is 0. The number of fused-ring (bicyclic) bond motifs is 1. The molecular formula is C29H23N3O2. The summed E-state index contributed by atoms with van der Waals surface area (Å²) < 4.78 is 2.04. The molecule has 0 saturated heterocycles. The van der Waals surface area contributed by atoms with Gasteiger partial charge in [0.15, 0.2) is 11.2 Å². The van der Waals surface area contributed by atoms with Gasteiger partial charge in [-0.15, -0.1) is 0 Å². The van der Waals surface area contributed by atoms with E-state index < -0.39 is 0 Å². The smallest absolute Gasteiger partial charge is 0.193 e. The van der Waals surface area contributed by atoms with Gasteiger partial charge in [-0.1, -0.05) is 66.7 Å². The number of hydrogen-bond acceptors (Lipinski definition) is 4. The third-order valence-corrected chi connectivity index (χ3v) is 5.77. The third-order valence-electron chi connectivity index (χ3n) is 5.77. The molecule has 0 radical (unpaired) electrons. The number of aromatic nitrogens is 2. The molecule has 0 spiro atoms. The van der Waals surface area contributed by atoms with Gasteiger partial charge in [0.2, 0.25) is 0 Å². The van der Waals surface area contributed by atoms with Crippen LogP contribution in [0.2, 0.25) is 0 Å². The summed E-state index contributed by atoms with van der Waals surface area (Å²) in [6.07, 6.45) is 4.15. The Kier molecular flexibility index (Phi) is 5.99. The van der Waals surface area contributed by atoms with Crippen molar-refractivity contribution in [3.63, 3.8) is 0 Å². The second-order valence-electron chi connectivity index (χ2n) is 8.04. The van der Waals surface area contributed by atoms with Crippen LogP contribution >= 0.6 is 0 Å². The van der Waals surface area contributed by atoms with E-state index in [1.807, 2.05) is 95.6 Å². The monoisotopic (exact) mass is 445 g/mol. The summed E-state index contributed by atoms with van der Waals surface area (Å²) >= 11 is 0. The molecule has 5 rings (SSSR count). The number of carbonyl (C=O) groups is 1. The maximum absolute atomic E-state index is 13.1. The molecule has 0 aliphatic heterocycles. The first kappa shape index (κ1) is 21.3. The lowest BCUT2D eigenvalue weighted by molar-refractivity contribution is 0.0983. The molecule has 0 amide bonds. The molecule has 5 heteroatoms. The summed E-state index contributed by atoms with van der Waals surface area (Å²) in [5.41, 5.74) is 3.95. The highest BCUT2D eigenvalue weighted by molar-refractivity contribution is 5.96. The molecule has 0 bridgehead atoms. The summed E-state index contributed by atoms with van der Waals surface area (Å²) in [6, 6.07) is 30.5. The number of benzene rings is 3. The fourth-order valence-corrected chi connectivity index (χ4v) is 4.13. The Bertz CT molecular complexity index is 1500. The average molecular weight is 446 g/mol. The van der Waals surface area contributed by atoms with Crippen molar-refractivity contribution in [2.24, 2.45) is 0 Å². The lowest BCUT2D eigenvalue weighted by Crippen LogP contribution is -2.15. The largest absolute Gasteiger partial charge is 0.341 e. The van der Waals surface area contributed by atoms with E-state index in [1.165, 1.54) is 0 Å². The number of hydrogen-bond donors (Lipinski definition) is 1. The highest BCUT2D eigenvalue weighted by Gasteiger charge is 2.16. The summed E-state index contributed by atoms with van der Waals surface area (Å²) in [5, 5.41) is 3.92. The summed E-state index contributed by atoms with van der Waals surface area (Å²) in [5.74, 6) is 0.710. The molecule has 0 aliphatic rings. The van der Waals surface area contributed by atoms with Crippen molar-refractivity contribution in [1.29, 1.82) is 0 Å². The Morgan fingerprint density at radius 3 is 2.18 bits per heavy atom. The Morgan fingerprint density at radius 1 is 0.824 bits per heavy atom. The zero-order chi connectivity index (χ0) is 23.3. The van der Waals surface area contributed by atoms with Crippen molar-refractivity contribution in [2.75, 3.05) is 5.32 Å². The second-order valence-corrected chi connectivity index (χ2v) is 8.04. The molecule has 5 aromatic rings. The first-order chi connectivity index (χ1) is 16.7. The Labute approximate surface area is 197 Å². The van der Waals surface area contributed by atoms with Gasteiger partial charge in [0.05, 0.1) is 10.9 Å². The number of nitrogens with zero attached hydrogens (tertiary/aromatic N) is 2. The molecule has 5 nitrogen and oxygen atoms in total. The molecule has 2 heterocycles. The molecule has 1 N–H and O–H groups in total. The Hall–Kier alpha value is -4.51. The van der Waals surface area contributed by atoms with Crippen molar-refractivity contribution < 1.29 is 4.79 Å². The quantitative estimate of drug-likeness (QED) is 0.315. The van der Waals surface area contributed by atoms with Crippen LogP contribution in [0.15, 0.2) is 114 Å². The van der Waals surface area contributed by atoms with Crippen molar-refractivity contribution in [2.45, 2.75) is 12.8 Å². The first-order valence-electron chi connectivity index (χ1n) is 11.2. The van der Waals surface area contributed by atoms with Crippen molar-refractivity contribution in [3.8, 4) is 5.69 Å². The standard InChI is InChI=1S/C29H23N3O2/c33-26(21-10-4-1-5-11-21)17-16-22-19-30-20-25-27(34)18-28(31-23-12-6-2-7-13-23)32(29(22)25)24-14-8-3-9-15-24/h1-15,18-20,31H,16-17H2. The van der Waals surface area contributed by atoms with Crippen LogP contribution in [0.5, 0.6) is 0 Å². The van der Waals surface area contributed by atoms with Crippen LogP contribution in [0, 0.1) is 0 Å². The molecule has 2 aromatic heterocycles. The van der Waals surface area contributed by atoms with Crippen LogP contribution in [-0.2, 0) is 6.42 Å². The topological polar surface area (TPSA) is 64.0 Å². The van der Waals surface area contributed by atoms with Gasteiger partial charge < -0.3 is 5.32 Å². The van der Waals surface area contributed by atoms with E-state index in [2.05, 4.69) is 10.3 Å². The van der Waals surface area contributed by atoms with Gasteiger partial charge in [-0.05, 0) is 36.2 Å². The predicted molar refractivity (Wildman–Crippen MR) is 136 cm³/mol. The summed E-state index contributed by atoms with van der Waals surface area (Å²) in [7, 11) is 0. The van der Waals surface area contributed by atoms with Gasteiger partial charge >= 0.3 is 0 Å². The second kappa shape index (κ2) is 9.55. The third kappa shape index (κ3) is 4.36. The molecule has 3 aromatic carbocycles. The van der Waals surface area contributed by atoms with E-state index in [1.54, 1.807) is 18.5 Å². The molecule has 0 fully saturated rings. The minimum Gasteiger partial charge on any atom is -0.341 e. The SMILES string of the molecule is O=C(CCc1cncc2c(=O)cc(Nc3ccccc3)n(-c3ccccc3)c12)c1ccccc1. The Balaban J connectivity index is 1.65. The number of para-hydroxylation sites is 2. The number of nitrogens with one attached hydrogen (secondary N) is 1. The highest BCUT2D eigenvalue weighted by Crippen LogP contribution is 2.27. The van der Waals surface area contributed by atoms with E-state index in [0.29, 0.717) is 29.6 Å². The van der Waals surface area contributed by atoms with E-state index in [-0.39, 0.29) is 11.2 Å². The lowest BCUT2D eigenvalue weighted by Gasteiger charge is -2.20. The lowest BCUT2D eigenvalue weighted by atomic mass is 10.0. The minimum absolute atomic E-state index is 0.0600. The van der Waals surface area contributed by atoms with Crippen LogP contribution in [0.3, 0.4) is 0 Å². The van der Waals surface area contributed by atoms with Crippen LogP contribution < -0.4 is 10.7 Å². The average Bonchev–Trinajstić information content (AvgIpc) is 2.89. The molecule has 34 heavy (non-hydrogen) atoms. The van der Waals surface area contributed by atoms with Gasteiger partial charge in [0, 0.05) is 41.8 Å². The number of pyridine rings is 2. The number of ketones is 1. The normalized spacial score (nSPS) is 10.8. The molecular weight excluding hydrogens is 422 g/mol. The predicted octanol–water partition coefficient (Wildman–Crippen LogP) is 5.94. The van der Waals surface area contributed by atoms with Crippen LogP contribution in [0.1, 0.15) is 22.3 Å². The number of aryl methyl sites for hydroxylation is 1. The minimum atomic E-state index is -0.121. The number of carbonyl (C=O) groups excluding carboxylic acids is 1. The maximum atomic E-state index is 13.1. The van der Waals surface area contributed by atoms with Gasteiger partial charge in [-0.3, -0.25) is 19.1 Å². The van der Waals surface area contributed by atoms with E-state index in [0.717, 1.165) is 22.5 Å². The number of rotatable bonds is 7. The first-order valence-corrected chi connectivity index (χ1v) is 11.2. The maximum Gasteiger partial charge on any atom is 0.193 e. The van der Waals surface area contributed by atoms with Crippen LogP contribution in [0.4, 0.5) is 11.5 Å². The fourth-order valence-electron chi connectivity index (χ4n) is 4.13. The van der Waals surface area contributed by atoms with Crippen molar-refractivity contribution in [1.82, 2.24) is 9.55 Å². The van der Waals surface area contributed by atoms with Crippen LogP contribution in [-0.4, -0.2) is 15.3 Å². The van der Waals surface area contributed by atoms with Gasteiger partial charge in [0.1, 0.15) is 5.82 Å². The zero-order valence-electron chi connectivity index (χ0n) is 18.5. The Morgan fingerprint density at radius 2 is 1.47 bits per heavy atom. The van der Waals surface area contributed by atoms with Crippen LogP contribution in [0.25, 0.3) is 16.6 Å². The molecule has 0 saturated carbocycles. The highest BCUT2D eigenvalue weighted by atomic mass is 16.1. The molecule has 0 aliphatic carbocycles. The number of anilines is 2. The number of Topliss-reactive ketones (excluding diaryl/α,β-unsaturated/α-hetero) is 1. The summed E-state index contributed by atoms with van der Waals surface area (Å²) in [4.78, 5) is 30.2. The molecule has 166 valence electrons. The fraction of sp³-hybridized carbons (Fsp3) is 0.0690. The van der Waals surface area contributed by atoms with Gasteiger partial charge in [-0.25, -0.2) is 0 Å². The molecule has 0 unspecified atom stereocenters. The van der Waals surface area contributed by atoms with Crippen molar-refractivity contribution in [3.05, 3.63) is 131 Å². The molecule has 0 atom stereocenters. The van der Waals surface area contributed by atoms with Gasteiger partial charge in [0.25, 0.3) is 0 Å². The van der Waals surface area contributed by atoms with E-state index in [4.69, 9.17) is 0 Å². The van der Waals surface area contributed by atoms with Crippen molar-refractivity contribution >= 4 is 28.2 Å². The van der Waals surface area contributed by atoms with Gasteiger partial charge in [-0.2, -0.15) is 0 Å². The van der Waals surface area contributed by atoms with E-state index >= 15 is 0 Å².